The first-order valence-electron chi connectivity index (χ1n) is 7.55. The van der Waals surface area contributed by atoms with Crippen LogP contribution in [-0.4, -0.2) is 12.6 Å². The summed E-state index contributed by atoms with van der Waals surface area (Å²) in [6, 6.07) is 0.885. The van der Waals surface area contributed by atoms with Crippen LogP contribution < -0.4 is 5.32 Å². The summed E-state index contributed by atoms with van der Waals surface area (Å²) in [6.07, 6.45) is 14.0. The molecule has 0 aromatic carbocycles. The van der Waals surface area contributed by atoms with E-state index in [2.05, 4.69) is 5.32 Å². The minimum atomic E-state index is 0.802. The average molecular weight is 219 g/mol. The summed E-state index contributed by atoms with van der Waals surface area (Å²) in [5.74, 6) is 3.40. The molecule has 1 N–H and O–H groups in total. The van der Waals surface area contributed by atoms with Crippen LogP contribution in [0.5, 0.6) is 0 Å². The van der Waals surface area contributed by atoms with E-state index in [1.54, 1.807) is 38.5 Å². The number of nitrogens with one attached hydrogen (secondary N) is 1. The molecule has 0 amide bonds. The minimum Gasteiger partial charge on any atom is -0.314 e. The fourth-order valence-corrected chi connectivity index (χ4v) is 5.99. The second-order valence-electron chi connectivity index (χ2n) is 7.41. The largest absolute Gasteiger partial charge is 0.314 e. The van der Waals surface area contributed by atoms with Gasteiger partial charge < -0.3 is 5.32 Å². The zero-order chi connectivity index (χ0) is 10.6. The number of hydrogen-bond donors (Lipinski definition) is 1. The summed E-state index contributed by atoms with van der Waals surface area (Å²) in [6.45, 7) is 1.29. The average Bonchev–Trinajstić information content (AvgIpc) is 2.66. The Morgan fingerprint density at radius 1 is 0.938 bits per heavy atom. The smallest absolute Gasteiger partial charge is 0.00728 e. The molecule has 16 heavy (non-hydrogen) atoms. The fraction of sp³-hybridized carbons (Fsp3) is 1.00. The van der Waals surface area contributed by atoms with Crippen LogP contribution in [0.2, 0.25) is 0 Å². The highest BCUT2D eigenvalue weighted by atomic mass is 14.9. The maximum absolute atomic E-state index is 3.73. The summed E-state index contributed by atoms with van der Waals surface area (Å²) in [5, 5.41) is 3.73. The van der Waals surface area contributed by atoms with Crippen LogP contribution in [0.4, 0.5) is 0 Å². The molecule has 1 saturated heterocycles. The molecule has 4 aliphatic carbocycles. The van der Waals surface area contributed by atoms with Gasteiger partial charge in [-0.2, -0.15) is 0 Å². The normalized spacial score (nSPS) is 54.8. The molecule has 1 atom stereocenters. The molecule has 0 radical (unpaired) electrons. The number of hydrogen-bond acceptors (Lipinski definition) is 1. The Bertz CT molecular complexity index is 242. The van der Waals surface area contributed by atoms with E-state index >= 15 is 0 Å². The van der Waals surface area contributed by atoms with Gasteiger partial charge in [-0.25, -0.2) is 0 Å². The van der Waals surface area contributed by atoms with E-state index in [9.17, 15) is 0 Å². The van der Waals surface area contributed by atoms with Crippen molar-refractivity contribution in [2.45, 2.75) is 63.8 Å². The van der Waals surface area contributed by atoms with Crippen LogP contribution in [0.3, 0.4) is 0 Å². The molecule has 1 aliphatic heterocycles. The van der Waals surface area contributed by atoms with Crippen LogP contribution in [0.1, 0.15) is 57.8 Å². The lowest BCUT2D eigenvalue weighted by atomic mass is 9.48. The van der Waals surface area contributed by atoms with Gasteiger partial charge >= 0.3 is 0 Å². The first kappa shape index (κ1) is 9.94. The van der Waals surface area contributed by atoms with E-state index < -0.39 is 0 Å². The fourth-order valence-electron chi connectivity index (χ4n) is 5.99. The van der Waals surface area contributed by atoms with Crippen molar-refractivity contribution < 1.29 is 0 Å². The second kappa shape index (κ2) is 3.48. The molecule has 5 rings (SSSR count). The molecular formula is C15H25N. The summed E-state index contributed by atoms with van der Waals surface area (Å²) in [7, 11) is 0. The molecule has 1 unspecified atom stereocenters. The molecule has 4 saturated carbocycles. The summed E-state index contributed by atoms with van der Waals surface area (Å²) in [5.41, 5.74) is 0.802. The van der Waals surface area contributed by atoms with E-state index in [1.807, 2.05) is 0 Å². The van der Waals surface area contributed by atoms with Crippen molar-refractivity contribution in [1.29, 1.82) is 0 Å². The maximum atomic E-state index is 3.73. The zero-order valence-corrected chi connectivity index (χ0v) is 10.4. The summed E-state index contributed by atoms with van der Waals surface area (Å²) < 4.78 is 0. The summed E-state index contributed by atoms with van der Waals surface area (Å²) >= 11 is 0. The topological polar surface area (TPSA) is 12.0 Å². The predicted octanol–water partition coefficient (Wildman–Crippen LogP) is 3.34. The van der Waals surface area contributed by atoms with Gasteiger partial charge in [-0.05, 0) is 87.5 Å². The Hall–Kier alpha value is -0.0400. The lowest BCUT2D eigenvalue weighted by molar-refractivity contribution is -0.0611. The maximum Gasteiger partial charge on any atom is 0.00728 e. The van der Waals surface area contributed by atoms with Crippen molar-refractivity contribution in [2.75, 3.05) is 6.54 Å². The highest BCUT2D eigenvalue weighted by Crippen LogP contribution is 2.61. The Labute approximate surface area is 99.4 Å². The molecule has 1 heterocycles. The van der Waals surface area contributed by atoms with Crippen LogP contribution >= 0.6 is 0 Å². The van der Waals surface area contributed by atoms with Crippen molar-refractivity contribution in [3.8, 4) is 0 Å². The first-order chi connectivity index (χ1) is 7.81. The van der Waals surface area contributed by atoms with Gasteiger partial charge in [-0.1, -0.05) is 0 Å². The third-order valence-electron chi connectivity index (χ3n) is 6.01. The van der Waals surface area contributed by atoms with Crippen LogP contribution in [-0.2, 0) is 0 Å². The van der Waals surface area contributed by atoms with E-state index in [-0.39, 0.29) is 0 Å². The Balaban J connectivity index is 1.52. The van der Waals surface area contributed by atoms with Crippen LogP contribution in [0.25, 0.3) is 0 Å². The quantitative estimate of drug-likeness (QED) is 0.751. The highest BCUT2D eigenvalue weighted by Gasteiger charge is 2.51. The van der Waals surface area contributed by atoms with Gasteiger partial charge in [0.25, 0.3) is 0 Å². The van der Waals surface area contributed by atoms with Gasteiger partial charge in [0.1, 0.15) is 0 Å². The molecule has 5 aliphatic rings. The Morgan fingerprint density at radius 3 is 2.06 bits per heavy atom. The number of rotatable bonds is 2. The Kier molecular flexibility index (Phi) is 2.16. The van der Waals surface area contributed by atoms with E-state index in [0.29, 0.717) is 0 Å². The molecule has 0 aromatic heterocycles. The predicted molar refractivity (Wildman–Crippen MR) is 66.2 cm³/mol. The molecule has 0 spiro atoms. The molecule has 4 bridgehead atoms. The van der Waals surface area contributed by atoms with Gasteiger partial charge in [0.15, 0.2) is 0 Å². The van der Waals surface area contributed by atoms with Gasteiger partial charge in [-0.15, -0.1) is 0 Å². The summed E-state index contributed by atoms with van der Waals surface area (Å²) in [4.78, 5) is 0. The van der Waals surface area contributed by atoms with Crippen LogP contribution in [0, 0.1) is 23.2 Å². The van der Waals surface area contributed by atoms with E-state index in [4.69, 9.17) is 0 Å². The molecule has 1 heteroatoms. The third kappa shape index (κ3) is 1.54. The zero-order valence-electron chi connectivity index (χ0n) is 10.4. The van der Waals surface area contributed by atoms with E-state index in [1.165, 1.54) is 25.8 Å². The Morgan fingerprint density at radius 2 is 1.56 bits per heavy atom. The van der Waals surface area contributed by atoms with Gasteiger partial charge in [0, 0.05) is 6.04 Å². The van der Waals surface area contributed by atoms with Crippen molar-refractivity contribution in [3.63, 3.8) is 0 Å². The van der Waals surface area contributed by atoms with Crippen molar-refractivity contribution >= 4 is 0 Å². The standard InChI is InChI=1S/C15H25N/c1-2-14(16-3-1)10-15-7-11-4-12(8-15)6-13(5-11)9-15/h11-14,16H,1-10H2. The third-order valence-corrected chi connectivity index (χ3v) is 6.01. The van der Waals surface area contributed by atoms with Crippen molar-refractivity contribution in [1.82, 2.24) is 5.32 Å². The first-order valence-corrected chi connectivity index (χ1v) is 7.55. The van der Waals surface area contributed by atoms with Crippen molar-refractivity contribution in [3.05, 3.63) is 0 Å². The second-order valence-corrected chi connectivity index (χ2v) is 7.41. The molecular weight excluding hydrogens is 194 g/mol. The molecule has 0 aromatic rings. The van der Waals surface area contributed by atoms with Gasteiger partial charge in [0.05, 0.1) is 0 Å². The lowest BCUT2D eigenvalue weighted by Gasteiger charge is -2.57. The highest BCUT2D eigenvalue weighted by molar-refractivity contribution is 5.02. The van der Waals surface area contributed by atoms with Crippen molar-refractivity contribution in [2.24, 2.45) is 23.2 Å². The van der Waals surface area contributed by atoms with E-state index in [0.717, 1.165) is 29.2 Å². The molecule has 5 fully saturated rings. The molecule has 1 nitrogen and oxygen atoms in total. The monoisotopic (exact) mass is 219 g/mol. The SMILES string of the molecule is C1CNC(CC23CC4CC(CC(C4)C2)C3)C1. The lowest BCUT2D eigenvalue weighted by Crippen LogP contribution is -2.48. The minimum absolute atomic E-state index is 0.802. The molecule has 90 valence electrons. The van der Waals surface area contributed by atoms with Crippen LogP contribution in [0.15, 0.2) is 0 Å². The van der Waals surface area contributed by atoms with Gasteiger partial charge in [0.2, 0.25) is 0 Å². The van der Waals surface area contributed by atoms with Gasteiger partial charge in [-0.3, -0.25) is 0 Å².